The van der Waals surface area contributed by atoms with E-state index in [1.165, 1.54) is 28.7 Å². The minimum Gasteiger partial charge on any atom is -0.744 e. The molecule has 0 saturated carbocycles. The Balaban J connectivity index is 0.000000211. The predicted molar refractivity (Wildman–Crippen MR) is 87.6 cm³/mol. The third-order valence-corrected chi connectivity index (χ3v) is 9.33. The SMILES string of the molecule is CC[Te+](C)c1ccccc1.O=S(=O)([O-])c1ccc(Cl)cc1. The van der Waals surface area contributed by atoms with E-state index >= 15 is 0 Å². The maximum absolute atomic E-state index is 10.3. The molecular formula is C15H17ClO3STe. The van der Waals surface area contributed by atoms with Gasteiger partial charge in [-0.15, -0.1) is 0 Å². The summed E-state index contributed by atoms with van der Waals surface area (Å²) in [5.41, 5.74) is 0. The molecule has 0 aliphatic heterocycles. The molecule has 0 unspecified atom stereocenters. The molecule has 3 nitrogen and oxygen atoms in total. The molecule has 0 atom stereocenters. The van der Waals surface area contributed by atoms with E-state index in [1.54, 1.807) is 3.61 Å². The molecule has 0 amide bonds. The summed E-state index contributed by atoms with van der Waals surface area (Å²) in [5, 5.41) is 0.400. The smallest absolute Gasteiger partial charge is 0.124 e. The van der Waals surface area contributed by atoms with Crippen LogP contribution in [0.2, 0.25) is 14.5 Å². The molecule has 114 valence electrons. The normalized spacial score (nSPS) is 10.9. The summed E-state index contributed by atoms with van der Waals surface area (Å²) >= 11 is 4.65. The van der Waals surface area contributed by atoms with Crippen LogP contribution in [0, 0.1) is 0 Å². The van der Waals surface area contributed by atoms with Crippen LogP contribution in [0.3, 0.4) is 0 Å². The molecule has 2 aromatic carbocycles. The summed E-state index contributed by atoms with van der Waals surface area (Å²) < 4.78 is 34.1. The van der Waals surface area contributed by atoms with Crippen LogP contribution in [0.1, 0.15) is 6.92 Å². The Hall–Kier alpha value is -0.570. The predicted octanol–water partition coefficient (Wildman–Crippen LogP) is 3.28. The molecule has 0 saturated heterocycles. The van der Waals surface area contributed by atoms with Gasteiger partial charge in [0.05, 0.1) is 4.90 Å². The fraction of sp³-hybridized carbons (Fsp3) is 0.200. The Morgan fingerprint density at radius 2 is 1.57 bits per heavy atom. The Morgan fingerprint density at radius 3 is 2.00 bits per heavy atom. The van der Waals surface area contributed by atoms with E-state index in [0.29, 0.717) is 5.02 Å². The van der Waals surface area contributed by atoms with Crippen LogP contribution >= 0.6 is 11.6 Å². The van der Waals surface area contributed by atoms with E-state index < -0.39 is 29.7 Å². The third kappa shape index (κ3) is 6.82. The maximum Gasteiger partial charge on any atom is 0.124 e. The summed E-state index contributed by atoms with van der Waals surface area (Å²) in [6.45, 7) is 2.30. The molecule has 6 heteroatoms. The van der Waals surface area contributed by atoms with Gasteiger partial charge in [-0.3, -0.25) is 0 Å². The Morgan fingerprint density at radius 1 is 1.05 bits per heavy atom. The molecule has 0 aromatic heterocycles. The molecule has 0 heterocycles. The van der Waals surface area contributed by atoms with Gasteiger partial charge in [-0.25, -0.2) is 8.42 Å². The first-order valence-electron chi connectivity index (χ1n) is 6.23. The maximum atomic E-state index is 10.3. The number of hydrogen-bond acceptors (Lipinski definition) is 3. The van der Waals surface area contributed by atoms with Gasteiger partial charge in [0.25, 0.3) is 0 Å². The molecule has 0 N–H and O–H groups in total. The molecule has 0 bridgehead atoms. The zero-order chi connectivity index (χ0) is 15.9. The Kier molecular flexibility index (Phi) is 7.72. The van der Waals surface area contributed by atoms with Gasteiger partial charge in [0.1, 0.15) is 10.1 Å². The van der Waals surface area contributed by atoms with Gasteiger partial charge in [0.15, 0.2) is 0 Å². The van der Waals surface area contributed by atoms with E-state index in [-0.39, 0.29) is 4.90 Å². The zero-order valence-corrected chi connectivity index (χ0v) is 15.7. The average molecular weight is 440 g/mol. The van der Waals surface area contributed by atoms with E-state index in [4.69, 9.17) is 11.6 Å². The van der Waals surface area contributed by atoms with Crippen molar-refractivity contribution in [1.82, 2.24) is 0 Å². The second kappa shape index (κ2) is 8.77. The van der Waals surface area contributed by atoms with Gasteiger partial charge < -0.3 is 4.55 Å². The first kappa shape index (κ1) is 18.5. The largest absolute Gasteiger partial charge is 0.744 e. The first-order valence-corrected chi connectivity index (χ1v) is 13.2. The summed E-state index contributed by atoms with van der Waals surface area (Å²) in [4.78, 5) is 2.17. The van der Waals surface area contributed by atoms with E-state index in [0.717, 1.165) is 0 Å². The summed E-state index contributed by atoms with van der Waals surface area (Å²) in [7, 11) is -4.33. The van der Waals surface area contributed by atoms with Crippen molar-refractivity contribution >= 4 is 44.9 Å². The van der Waals surface area contributed by atoms with Crippen LogP contribution in [-0.4, -0.2) is 32.5 Å². The first-order chi connectivity index (χ1) is 9.84. The van der Waals surface area contributed by atoms with Crippen molar-refractivity contribution in [1.29, 1.82) is 0 Å². The summed E-state index contributed by atoms with van der Waals surface area (Å²) in [5.74, 6) is 0. The third-order valence-electron chi connectivity index (χ3n) is 2.68. The van der Waals surface area contributed by atoms with Gasteiger partial charge >= 0.3 is 69.9 Å². The fourth-order valence-electron chi connectivity index (χ4n) is 1.42. The summed E-state index contributed by atoms with van der Waals surface area (Å²) in [6, 6.07) is 15.9. The molecular weight excluding hydrogens is 423 g/mol. The van der Waals surface area contributed by atoms with E-state index in [2.05, 4.69) is 42.2 Å². The van der Waals surface area contributed by atoms with E-state index in [1.807, 2.05) is 0 Å². The topological polar surface area (TPSA) is 57.2 Å². The fourth-order valence-corrected chi connectivity index (χ4v) is 4.74. The van der Waals surface area contributed by atoms with Crippen molar-refractivity contribution in [2.75, 3.05) is 0 Å². The molecule has 0 radical (unpaired) electrons. The van der Waals surface area contributed by atoms with Crippen molar-refractivity contribution in [3.8, 4) is 0 Å². The standard InChI is InChI=1S/C9H13Te.C6H5ClO3S/c1-3-10(2)9-7-5-4-6-8-9;7-5-1-3-6(4-2-5)11(8,9)10/h4-8H,3H2,1-2H3;1-4H,(H,8,9,10)/q+1;/p-1. The van der Waals surface area contributed by atoms with Gasteiger partial charge in [0, 0.05) is 5.02 Å². The molecule has 2 aromatic rings. The van der Waals surface area contributed by atoms with E-state index in [9.17, 15) is 13.0 Å². The Labute approximate surface area is 138 Å². The molecule has 21 heavy (non-hydrogen) atoms. The van der Waals surface area contributed by atoms with Crippen LogP contribution in [0.4, 0.5) is 0 Å². The number of rotatable bonds is 3. The molecule has 0 fully saturated rings. The van der Waals surface area contributed by atoms with Crippen LogP contribution in [0.15, 0.2) is 59.5 Å². The van der Waals surface area contributed by atoms with Gasteiger partial charge in [0.2, 0.25) is 0 Å². The number of halogens is 1. The molecule has 2 rings (SSSR count). The zero-order valence-electron chi connectivity index (χ0n) is 11.8. The van der Waals surface area contributed by atoms with Gasteiger partial charge in [-0.2, -0.15) is 0 Å². The van der Waals surface area contributed by atoms with Crippen molar-refractivity contribution in [3.05, 3.63) is 59.6 Å². The monoisotopic (exact) mass is 442 g/mol. The second-order valence-corrected chi connectivity index (χ2v) is 12.6. The van der Waals surface area contributed by atoms with Gasteiger partial charge in [-0.05, 0) is 24.3 Å². The van der Waals surface area contributed by atoms with Crippen molar-refractivity contribution in [2.24, 2.45) is 0 Å². The molecule has 0 aliphatic carbocycles. The molecule has 0 aliphatic rings. The average Bonchev–Trinajstić information content (AvgIpc) is 2.47. The minimum atomic E-state index is -4.33. The van der Waals surface area contributed by atoms with Crippen LogP contribution in [0.25, 0.3) is 0 Å². The number of benzene rings is 2. The van der Waals surface area contributed by atoms with Crippen LogP contribution in [0.5, 0.6) is 0 Å². The van der Waals surface area contributed by atoms with Crippen molar-refractivity contribution in [3.63, 3.8) is 0 Å². The van der Waals surface area contributed by atoms with Crippen molar-refractivity contribution < 1.29 is 13.0 Å². The second-order valence-electron chi connectivity index (χ2n) is 4.15. The van der Waals surface area contributed by atoms with Crippen molar-refractivity contribution in [2.45, 2.75) is 21.3 Å². The number of hydrogen-bond donors (Lipinski definition) is 0. The minimum absolute atomic E-state index is 0.262. The molecule has 0 spiro atoms. The van der Waals surface area contributed by atoms with Crippen LogP contribution < -0.4 is 3.61 Å². The van der Waals surface area contributed by atoms with Crippen LogP contribution in [-0.2, 0) is 10.1 Å². The quantitative estimate of drug-likeness (QED) is 0.544. The van der Waals surface area contributed by atoms with Gasteiger partial charge in [-0.1, -0.05) is 11.6 Å². The Bertz CT molecular complexity index is 642. The summed E-state index contributed by atoms with van der Waals surface area (Å²) in [6.07, 6.45) is 0.